The number of aromatic nitrogens is 1. The van der Waals surface area contributed by atoms with Crippen molar-refractivity contribution in [3.05, 3.63) is 64.7 Å². The third kappa shape index (κ3) is 2.24. The van der Waals surface area contributed by atoms with Gasteiger partial charge in [0, 0.05) is 12.4 Å². The van der Waals surface area contributed by atoms with Crippen LogP contribution >= 0.6 is 0 Å². The Balaban J connectivity index is 2.68. The van der Waals surface area contributed by atoms with Crippen LogP contribution in [0.15, 0.2) is 24.5 Å². The minimum Gasteiger partial charge on any atom is -0.309 e. The molecule has 1 heterocycles. The first kappa shape index (κ1) is 14.4. The Morgan fingerprint density at radius 1 is 0.950 bits per heavy atom. The molecule has 0 aliphatic rings. The second kappa shape index (κ2) is 5.54. The van der Waals surface area contributed by atoms with Crippen LogP contribution in [0.1, 0.15) is 17.2 Å². The van der Waals surface area contributed by atoms with E-state index in [1.165, 1.54) is 31.6 Å². The van der Waals surface area contributed by atoms with Gasteiger partial charge in [-0.05, 0) is 18.7 Å². The molecule has 0 radical (unpaired) electrons. The van der Waals surface area contributed by atoms with Gasteiger partial charge in [-0.15, -0.1) is 0 Å². The largest absolute Gasteiger partial charge is 0.309 e. The molecule has 7 heteroatoms. The topological polar surface area (TPSA) is 24.9 Å². The maximum absolute atomic E-state index is 13.7. The summed E-state index contributed by atoms with van der Waals surface area (Å²) in [6.07, 6.45) is 2.70. The van der Waals surface area contributed by atoms with Gasteiger partial charge >= 0.3 is 0 Å². The van der Waals surface area contributed by atoms with Gasteiger partial charge in [0.15, 0.2) is 23.3 Å². The van der Waals surface area contributed by atoms with Crippen LogP contribution in [0.3, 0.4) is 0 Å². The minimum absolute atomic E-state index is 0.276. The third-order valence-corrected chi connectivity index (χ3v) is 2.84. The maximum Gasteiger partial charge on any atom is 0.200 e. The lowest BCUT2D eigenvalue weighted by atomic mass is 9.98. The fourth-order valence-electron chi connectivity index (χ4n) is 1.90. The van der Waals surface area contributed by atoms with Gasteiger partial charge in [-0.1, -0.05) is 6.07 Å². The standard InChI is InChI=1S/C13H9F5N2/c1-19-13(6-3-2-4-20-5-6)7-8(14)10(16)12(18)11(17)9(7)15/h2-5,13,19H,1H3. The highest BCUT2D eigenvalue weighted by atomic mass is 19.2. The fraction of sp³-hybridized carbons (Fsp3) is 0.154. The minimum atomic E-state index is -2.18. The Labute approximate surface area is 111 Å². The van der Waals surface area contributed by atoms with Crippen LogP contribution in [-0.2, 0) is 0 Å². The zero-order valence-corrected chi connectivity index (χ0v) is 10.2. The van der Waals surface area contributed by atoms with Crippen molar-refractivity contribution in [3.8, 4) is 0 Å². The van der Waals surface area contributed by atoms with Gasteiger partial charge in [0.25, 0.3) is 0 Å². The van der Waals surface area contributed by atoms with Crippen molar-refractivity contribution in [1.82, 2.24) is 10.3 Å². The van der Waals surface area contributed by atoms with E-state index in [-0.39, 0.29) is 5.56 Å². The zero-order valence-electron chi connectivity index (χ0n) is 10.2. The van der Waals surface area contributed by atoms with Crippen molar-refractivity contribution in [2.24, 2.45) is 0 Å². The number of rotatable bonds is 3. The van der Waals surface area contributed by atoms with Crippen LogP contribution in [0.25, 0.3) is 0 Å². The fourth-order valence-corrected chi connectivity index (χ4v) is 1.90. The van der Waals surface area contributed by atoms with Gasteiger partial charge in [-0.2, -0.15) is 0 Å². The molecule has 106 valence electrons. The summed E-state index contributed by atoms with van der Waals surface area (Å²) in [7, 11) is 1.34. The number of halogens is 5. The Morgan fingerprint density at radius 3 is 1.95 bits per heavy atom. The molecule has 0 amide bonds. The molecule has 2 aromatic rings. The number of nitrogens with one attached hydrogen (secondary N) is 1. The van der Waals surface area contributed by atoms with Crippen molar-refractivity contribution in [1.29, 1.82) is 0 Å². The summed E-state index contributed by atoms with van der Waals surface area (Å²) in [5, 5.41) is 2.51. The van der Waals surface area contributed by atoms with Gasteiger partial charge < -0.3 is 5.32 Å². The molecular formula is C13H9F5N2. The van der Waals surface area contributed by atoms with E-state index in [4.69, 9.17) is 0 Å². The highest BCUT2D eigenvalue weighted by Gasteiger charge is 2.30. The second-order valence-electron chi connectivity index (χ2n) is 3.99. The molecule has 1 aromatic carbocycles. The molecular weight excluding hydrogens is 279 g/mol. The van der Waals surface area contributed by atoms with Gasteiger partial charge in [-0.25, -0.2) is 22.0 Å². The SMILES string of the molecule is CNC(c1cccnc1)c1c(F)c(F)c(F)c(F)c1F. The summed E-state index contributed by atoms with van der Waals surface area (Å²) in [5.41, 5.74) is -0.657. The molecule has 0 fully saturated rings. The maximum atomic E-state index is 13.7. The normalized spacial score (nSPS) is 12.5. The molecule has 2 rings (SSSR count). The Morgan fingerprint density at radius 2 is 1.50 bits per heavy atom. The smallest absolute Gasteiger partial charge is 0.200 e. The van der Waals surface area contributed by atoms with Crippen LogP contribution in [0.2, 0.25) is 0 Å². The van der Waals surface area contributed by atoms with Crippen molar-refractivity contribution in [2.75, 3.05) is 7.05 Å². The van der Waals surface area contributed by atoms with E-state index in [1.54, 1.807) is 0 Å². The first-order chi connectivity index (χ1) is 9.49. The molecule has 20 heavy (non-hydrogen) atoms. The second-order valence-corrected chi connectivity index (χ2v) is 3.99. The average Bonchev–Trinajstić information content (AvgIpc) is 2.48. The lowest BCUT2D eigenvalue weighted by Gasteiger charge is -2.19. The first-order valence-electron chi connectivity index (χ1n) is 5.57. The summed E-state index contributed by atoms with van der Waals surface area (Å²) in [4.78, 5) is 3.75. The van der Waals surface area contributed by atoms with E-state index in [0.717, 1.165) is 0 Å². The molecule has 1 unspecified atom stereocenters. The monoisotopic (exact) mass is 288 g/mol. The van der Waals surface area contributed by atoms with Crippen molar-refractivity contribution >= 4 is 0 Å². The Bertz CT molecular complexity index is 601. The van der Waals surface area contributed by atoms with Crippen molar-refractivity contribution in [2.45, 2.75) is 6.04 Å². The molecule has 1 atom stereocenters. The van der Waals surface area contributed by atoms with Crippen LogP contribution < -0.4 is 5.32 Å². The van der Waals surface area contributed by atoms with Gasteiger partial charge in [-0.3, -0.25) is 4.98 Å². The highest BCUT2D eigenvalue weighted by molar-refractivity contribution is 5.34. The lowest BCUT2D eigenvalue weighted by Crippen LogP contribution is -2.22. The molecule has 0 aliphatic heterocycles. The molecule has 0 saturated heterocycles. The van der Waals surface area contributed by atoms with Gasteiger partial charge in [0.1, 0.15) is 0 Å². The van der Waals surface area contributed by atoms with Crippen molar-refractivity contribution < 1.29 is 22.0 Å². The number of pyridine rings is 1. The number of nitrogens with zero attached hydrogens (tertiary/aromatic N) is 1. The quantitative estimate of drug-likeness (QED) is 0.533. The van der Waals surface area contributed by atoms with Crippen LogP contribution in [0.5, 0.6) is 0 Å². The van der Waals surface area contributed by atoms with Crippen LogP contribution in [-0.4, -0.2) is 12.0 Å². The number of benzene rings is 1. The first-order valence-corrected chi connectivity index (χ1v) is 5.57. The van der Waals surface area contributed by atoms with Crippen LogP contribution in [0.4, 0.5) is 22.0 Å². The molecule has 0 saturated carbocycles. The number of hydrogen-bond acceptors (Lipinski definition) is 2. The van der Waals surface area contributed by atoms with E-state index in [0.29, 0.717) is 0 Å². The molecule has 0 spiro atoms. The van der Waals surface area contributed by atoms with E-state index in [2.05, 4.69) is 10.3 Å². The van der Waals surface area contributed by atoms with E-state index >= 15 is 0 Å². The van der Waals surface area contributed by atoms with E-state index in [9.17, 15) is 22.0 Å². The summed E-state index contributed by atoms with van der Waals surface area (Å²) >= 11 is 0. The summed E-state index contributed by atoms with van der Waals surface area (Å²) in [6.45, 7) is 0. The lowest BCUT2D eigenvalue weighted by molar-refractivity contribution is 0.363. The Kier molecular flexibility index (Phi) is 3.99. The summed E-state index contributed by atoms with van der Waals surface area (Å²) in [6, 6.07) is 1.76. The van der Waals surface area contributed by atoms with Crippen LogP contribution in [0, 0.1) is 29.1 Å². The predicted octanol–water partition coefficient (Wildman–Crippen LogP) is 3.09. The highest BCUT2D eigenvalue weighted by Crippen LogP contribution is 2.30. The number of hydrogen-bond donors (Lipinski definition) is 1. The molecule has 2 nitrogen and oxygen atoms in total. The average molecular weight is 288 g/mol. The molecule has 0 aliphatic carbocycles. The van der Waals surface area contributed by atoms with E-state index in [1.807, 2.05) is 0 Å². The van der Waals surface area contributed by atoms with Gasteiger partial charge in [0.05, 0.1) is 11.6 Å². The predicted molar refractivity (Wildman–Crippen MR) is 61.4 cm³/mol. The molecule has 1 N–H and O–H groups in total. The zero-order chi connectivity index (χ0) is 14.9. The van der Waals surface area contributed by atoms with Gasteiger partial charge in [0.2, 0.25) is 5.82 Å². The summed E-state index contributed by atoms with van der Waals surface area (Å²) in [5.74, 6) is -9.83. The third-order valence-electron chi connectivity index (χ3n) is 2.84. The molecule has 0 bridgehead atoms. The molecule has 1 aromatic heterocycles. The van der Waals surface area contributed by atoms with Crippen molar-refractivity contribution in [3.63, 3.8) is 0 Å². The van der Waals surface area contributed by atoms with E-state index < -0.39 is 40.7 Å². The summed E-state index contributed by atoms with van der Waals surface area (Å²) < 4.78 is 66.9. The Hall–Kier alpha value is -2.02.